The molecular weight excluding hydrogens is 390 g/mol. The SMILES string of the molecule is O=C(NC(=NC[C@H]1CCCO1)Nc1cccc(C(F)(F)F)c1)c1cccc(F)c1. The van der Waals surface area contributed by atoms with Crippen LogP contribution in [0.2, 0.25) is 0 Å². The first-order valence-corrected chi connectivity index (χ1v) is 8.98. The molecule has 0 aromatic heterocycles. The molecule has 29 heavy (non-hydrogen) atoms. The summed E-state index contributed by atoms with van der Waals surface area (Å²) in [6.07, 6.45) is -2.93. The highest BCUT2D eigenvalue weighted by molar-refractivity contribution is 6.09. The summed E-state index contributed by atoms with van der Waals surface area (Å²) in [7, 11) is 0. The van der Waals surface area contributed by atoms with E-state index < -0.39 is 23.5 Å². The van der Waals surface area contributed by atoms with Crippen LogP contribution in [-0.4, -0.2) is 31.1 Å². The van der Waals surface area contributed by atoms with Crippen molar-refractivity contribution in [1.29, 1.82) is 0 Å². The van der Waals surface area contributed by atoms with Crippen molar-refractivity contribution >= 4 is 17.6 Å². The largest absolute Gasteiger partial charge is 0.416 e. The van der Waals surface area contributed by atoms with E-state index in [0.717, 1.165) is 31.0 Å². The van der Waals surface area contributed by atoms with E-state index in [2.05, 4.69) is 15.6 Å². The lowest BCUT2D eigenvalue weighted by atomic mass is 10.2. The van der Waals surface area contributed by atoms with Crippen LogP contribution in [0.4, 0.5) is 23.2 Å². The minimum atomic E-state index is -4.50. The number of alkyl halides is 3. The highest BCUT2D eigenvalue weighted by Gasteiger charge is 2.30. The molecule has 0 saturated carbocycles. The van der Waals surface area contributed by atoms with Crippen LogP contribution in [0.25, 0.3) is 0 Å². The Bertz CT molecular complexity index is 893. The van der Waals surface area contributed by atoms with Crippen LogP contribution in [0.5, 0.6) is 0 Å². The molecule has 1 amide bonds. The first-order chi connectivity index (χ1) is 13.8. The molecule has 9 heteroatoms. The van der Waals surface area contributed by atoms with Crippen LogP contribution in [0.15, 0.2) is 53.5 Å². The maximum Gasteiger partial charge on any atom is 0.416 e. The highest BCUT2D eigenvalue weighted by Crippen LogP contribution is 2.30. The van der Waals surface area contributed by atoms with Crippen LogP contribution in [-0.2, 0) is 10.9 Å². The summed E-state index contributed by atoms with van der Waals surface area (Å²) in [4.78, 5) is 16.7. The lowest BCUT2D eigenvalue weighted by Crippen LogP contribution is -2.36. The van der Waals surface area contributed by atoms with E-state index in [1.54, 1.807) is 0 Å². The van der Waals surface area contributed by atoms with Gasteiger partial charge in [-0.3, -0.25) is 10.1 Å². The van der Waals surface area contributed by atoms with Gasteiger partial charge in [0.25, 0.3) is 5.91 Å². The van der Waals surface area contributed by atoms with E-state index in [-0.39, 0.29) is 29.9 Å². The number of aliphatic imine (C=N–C) groups is 1. The van der Waals surface area contributed by atoms with Crippen LogP contribution < -0.4 is 10.6 Å². The zero-order valence-electron chi connectivity index (χ0n) is 15.3. The molecule has 2 N–H and O–H groups in total. The normalized spacial score (nSPS) is 17.2. The summed E-state index contributed by atoms with van der Waals surface area (Å²) >= 11 is 0. The summed E-state index contributed by atoms with van der Waals surface area (Å²) in [5, 5.41) is 5.19. The lowest BCUT2D eigenvalue weighted by Gasteiger charge is -2.15. The van der Waals surface area contributed by atoms with Crippen LogP contribution >= 0.6 is 0 Å². The number of rotatable bonds is 4. The molecule has 1 saturated heterocycles. The maximum absolute atomic E-state index is 13.4. The summed E-state index contributed by atoms with van der Waals surface area (Å²) < 4.78 is 57.7. The standard InChI is InChI=1S/C20H19F4N3O2/c21-15-6-1-4-13(10-15)18(28)27-19(25-12-17-8-3-9-29-17)26-16-7-2-5-14(11-16)20(22,23)24/h1-2,4-7,10-11,17H,3,8-9,12H2,(H2,25,26,27,28)/t17-/m1/s1. The molecule has 0 aliphatic carbocycles. The van der Waals surface area contributed by atoms with Gasteiger partial charge in [-0.2, -0.15) is 13.2 Å². The maximum atomic E-state index is 13.4. The minimum absolute atomic E-state index is 0.0471. The Hall–Kier alpha value is -2.94. The van der Waals surface area contributed by atoms with Crippen LogP contribution in [0, 0.1) is 5.82 Å². The van der Waals surface area contributed by atoms with Gasteiger partial charge in [-0.25, -0.2) is 9.38 Å². The third-order valence-corrected chi connectivity index (χ3v) is 4.25. The molecule has 0 radical (unpaired) electrons. The van der Waals surface area contributed by atoms with E-state index in [0.29, 0.717) is 6.61 Å². The molecule has 0 unspecified atom stereocenters. The van der Waals surface area contributed by atoms with Gasteiger partial charge in [0.1, 0.15) is 5.82 Å². The predicted octanol–water partition coefficient (Wildman–Crippen LogP) is 4.22. The number of amides is 1. The third kappa shape index (κ3) is 6.02. The fourth-order valence-corrected chi connectivity index (χ4v) is 2.81. The predicted molar refractivity (Wildman–Crippen MR) is 100 cm³/mol. The summed E-state index contributed by atoms with van der Waals surface area (Å²) in [5.74, 6) is -1.27. The van der Waals surface area contributed by atoms with Crippen molar-refractivity contribution < 1.29 is 27.1 Å². The number of benzene rings is 2. The van der Waals surface area contributed by atoms with Crippen molar-refractivity contribution in [3.63, 3.8) is 0 Å². The average Bonchev–Trinajstić information content (AvgIpc) is 3.19. The number of carbonyl (C=O) groups is 1. The van der Waals surface area contributed by atoms with E-state index in [1.807, 2.05) is 0 Å². The van der Waals surface area contributed by atoms with Gasteiger partial charge in [-0.1, -0.05) is 12.1 Å². The van der Waals surface area contributed by atoms with Gasteiger partial charge in [-0.05, 0) is 49.2 Å². The Morgan fingerprint density at radius 1 is 1.17 bits per heavy atom. The molecule has 0 bridgehead atoms. The molecule has 2 aromatic rings. The Balaban J connectivity index is 1.79. The zero-order chi connectivity index (χ0) is 20.9. The smallest absolute Gasteiger partial charge is 0.376 e. The molecule has 5 nitrogen and oxygen atoms in total. The second kappa shape index (κ2) is 9.04. The summed E-state index contributed by atoms with van der Waals surface area (Å²) in [5.41, 5.74) is -0.677. The van der Waals surface area contributed by atoms with Gasteiger partial charge in [-0.15, -0.1) is 0 Å². The Morgan fingerprint density at radius 2 is 1.97 bits per heavy atom. The number of hydrogen-bond donors (Lipinski definition) is 2. The number of carbonyl (C=O) groups excluding carboxylic acids is 1. The number of halogens is 4. The first-order valence-electron chi connectivity index (χ1n) is 8.98. The zero-order valence-corrected chi connectivity index (χ0v) is 15.3. The fourth-order valence-electron chi connectivity index (χ4n) is 2.81. The molecule has 1 aliphatic rings. The average molecular weight is 409 g/mol. The first kappa shape index (κ1) is 20.8. The second-order valence-corrected chi connectivity index (χ2v) is 6.49. The fraction of sp³-hybridized carbons (Fsp3) is 0.300. The number of anilines is 1. The van der Waals surface area contributed by atoms with E-state index >= 15 is 0 Å². The summed E-state index contributed by atoms with van der Waals surface area (Å²) in [6.45, 7) is 0.844. The van der Waals surface area contributed by atoms with Crippen molar-refractivity contribution in [2.24, 2.45) is 4.99 Å². The third-order valence-electron chi connectivity index (χ3n) is 4.25. The van der Waals surface area contributed by atoms with E-state index in [4.69, 9.17) is 4.74 Å². The van der Waals surface area contributed by atoms with Crippen molar-refractivity contribution in [3.05, 3.63) is 65.5 Å². The molecule has 0 spiro atoms. The number of hydrogen-bond acceptors (Lipinski definition) is 3. The van der Waals surface area contributed by atoms with E-state index in [1.165, 1.54) is 30.3 Å². The number of nitrogens with one attached hydrogen (secondary N) is 2. The van der Waals surface area contributed by atoms with E-state index in [9.17, 15) is 22.4 Å². The topological polar surface area (TPSA) is 62.7 Å². The molecule has 1 aliphatic heterocycles. The lowest BCUT2D eigenvalue weighted by molar-refractivity contribution is -0.137. The highest BCUT2D eigenvalue weighted by atomic mass is 19.4. The van der Waals surface area contributed by atoms with Gasteiger partial charge in [0, 0.05) is 17.9 Å². The van der Waals surface area contributed by atoms with Gasteiger partial charge in [0.2, 0.25) is 5.96 Å². The van der Waals surface area contributed by atoms with Crippen molar-refractivity contribution in [2.75, 3.05) is 18.5 Å². The molecular formula is C20H19F4N3O2. The molecule has 1 atom stereocenters. The number of nitrogens with zero attached hydrogens (tertiary/aromatic N) is 1. The Morgan fingerprint density at radius 3 is 2.66 bits per heavy atom. The summed E-state index contributed by atoms with van der Waals surface area (Å²) in [6, 6.07) is 9.58. The van der Waals surface area contributed by atoms with Gasteiger partial charge in [0.05, 0.1) is 18.2 Å². The van der Waals surface area contributed by atoms with Crippen molar-refractivity contribution in [1.82, 2.24) is 5.32 Å². The van der Waals surface area contributed by atoms with Gasteiger partial charge < -0.3 is 10.1 Å². The Labute approximate surface area is 164 Å². The van der Waals surface area contributed by atoms with Crippen molar-refractivity contribution in [3.8, 4) is 0 Å². The monoisotopic (exact) mass is 409 g/mol. The van der Waals surface area contributed by atoms with Crippen LogP contribution in [0.1, 0.15) is 28.8 Å². The molecule has 1 heterocycles. The van der Waals surface area contributed by atoms with Gasteiger partial charge >= 0.3 is 6.18 Å². The number of guanidine groups is 1. The van der Waals surface area contributed by atoms with Gasteiger partial charge in [0.15, 0.2) is 0 Å². The Kier molecular flexibility index (Phi) is 6.48. The molecule has 2 aromatic carbocycles. The number of ether oxygens (including phenoxy) is 1. The molecule has 3 rings (SSSR count). The molecule has 154 valence electrons. The van der Waals surface area contributed by atoms with Crippen molar-refractivity contribution in [2.45, 2.75) is 25.1 Å². The molecule has 1 fully saturated rings. The second-order valence-electron chi connectivity index (χ2n) is 6.49. The van der Waals surface area contributed by atoms with Crippen LogP contribution in [0.3, 0.4) is 0 Å². The quantitative estimate of drug-likeness (QED) is 0.452. The minimum Gasteiger partial charge on any atom is -0.376 e.